The van der Waals surface area contributed by atoms with Crippen LogP contribution in [0.4, 0.5) is 24.9 Å². The average molecular weight is 445 g/mol. The van der Waals surface area contributed by atoms with Crippen LogP contribution in [0.2, 0.25) is 0 Å². The van der Waals surface area contributed by atoms with Gasteiger partial charge in [0.15, 0.2) is 0 Å². The average Bonchev–Trinajstić information content (AvgIpc) is 2.80. The van der Waals surface area contributed by atoms with E-state index in [4.69, 9.17) is 10.5 Å². The first-order chi connectivity index (χ1) is 15.3. The molecule has 4 rings (SSSR count). The molecule has 168 valence electrons. The Bertz CT molecular complexity index is 1040. The number of hydrogen-bond acceptors (Lipinski definition) is 6. The third-order valence-electron chi connectivity index (χ3n) is 5.98. The number of rotatable bonds is 4. The molecule has 3 heterocycles. The van der Waals surface area contributed by atoms with Gasteiger partial charge in [0.1, 0.15) is 5.82 Å². The second kappa shape index (κ2) is 8.70. The highest BCUT2D eigenvalue weighted by molar-refractivity contribution is 5.95. The minimum Gasteiger partial charge on any atom is -0.381 e. The normalized spacial score (nSPS) is 20.5. The lowest BCUT2D eigenvalue weighted by atomic mass is 9.66. The van der Waals surface area contributed by atoms with Crippen molar-refractivity contribution in [2.75, 3.05) is 24.3 Å². The van der Waals surface area contributed by atoms with E-state index in [9.17, 15) is 18.0 Å². The minimum atomic E-state index is -4.52. The van der Waals surface area contributed by atoms with Gasteiger partial charge in [0.05, 0.1) is 11.0 Å². The van der Waals surface area contributed by atoms with Gasteiger partial charge in [0, 0.05) is 37.4 Å². The maximum atomic E-state index is 13.4. The molecule has 3 N–H and O–H groups in total. The predicted octanol–water partition coefficient (Wildman–Crippen LogP) is 3.87. The third kappa shape index (κ3) is 4.50. The van der Waals surface area contributed by atoms with Crippen molar-refractivity contribution in [2.45, 2.75) is 25.4 Å². The van der Waals surface area contributed by atoms with Crippen LogP contribution >= 0.6 is 0 Å². The smallest absolute Gasteiger partial charge is 0.381 e. The quantitative estimate of drug-likeness (QED) is 0.741. The number of halogens is 3. The fourth-order valence-corrected chi connectivity index (χ4v) is 4.15. The highest BCUT2D eigenvalue weighted by Gasteiger charge is 2.46. The Labute approximate surface area is 182 Å². The van der Waals surface area contributed by atoms with E-state index in [2.05, 4.69) is 20.3 Å². The summed E-state index contributed by atoms with van der Waals surface area (Å²) in [4.78, 5) is 25.3. The number of hydrogen-bond donors (Lipinski definition) is 2. The molecule has 0 radical (unpaired) electrons. The Kier molecular flexibility index (Phi) is 5.96. The van der Waals surface area contributed by atoms with E-state index in [1.54, 1.807) is 12.4 Å². The molecular weight excluding hydrogens is 423 g/mol. The van der Waals surface area contributed by atoms with Crippen LogP contribution in [0, 0.1) is 11.3 Å². The van der Waals surface area contributed by atoms with Crippen LogP contribution in [0.1, 0.15) is 30.4 Å². The van der Waals surface area contributed by atoms with Crippen LogP contribution in [0.3, 0.4) is 0 Å². The van der Waals surface area contributed by atoms with Crippen molar-refractivity contribution < 1.29 is 22.7 Å². The number of nitrogens with one attached hydrogen (secondary N) is 1. The van der Waals surface area contributed by atoms with Crippen molar-refractivity contribution in [3.05, 3.63) is 60.1 Å². The number of allylic oxidation sites excluding steroid dienone is 4. The van der Waals surface area contributed by atoms with Gasteiger partial charge in [0.2, 0.25) is 11.9 Å². The van der Waals surface area contributed by atoms with Crippen LogP contribution in [0.15, 0.2) is 49.0 Å². The number of aromatic nitrogens is 3. The molecule has 32 heavy (non-hydrogen) atoms. The zero-order chi connectivity index (χ0) is 22.8. The van der Waals surface area contributed by atoms with Crippen LogP contribution in [-0.2, 0) is 15.7 Å². The van der Waals surface area contributed by atoms with Gasteiger partial charge in [-0.25, -0.2) is 15.0 Å². The van der Waals surface area contributed by atoms with E-state index in [-0.39, 0.29) is 23.6 Å². The van der Waals surface area contributed by atoms with Gasteiger partial charge in [-0.1, -0.05) is 18.2 Å². The molecule has 0 aromatic carbocycles. The molecule has 1 amide bonds. The number of ether oxygens (including phenoxy) is 1. The topological polar surface area (TPSA) is 103 Å². The standard InChI is InChI=1S/C22H22F3N5O2/c23-22(24,25)17-5-8-27-18(11-17)30-19(31)21(6-9-32-10-7-21)16-3-1-14(2-4-16)15-12-28-20(26)29-13-15/h1-3,5,8,11-13,16H,4,6-7,9-10H2,(H2,26,28,29)(H,27,30,31). The Morgan fingerprint density at radius 1 is 1.19 bits per heavy atom. The second-order valence-electron chi connectivity index (χ2n) is 7.84. The minimum absolute atomic E-state index is 0.120. The summed E-state index contributed by atoms with van der Waals surface area (Å²) in [6.45, 7) is 0.798. The summed E-state index contributed by atoms with van der Waals surface area (Å²) in [5, 5.41) is 2.62. The monoisotopic (exact) mass is 445 g/mol. The van der Waals surface area contributed by atoms with Crippen molar-refractivity contribution in [1.29, 1.82) is 0 Å². The van der Waals surface area contributed by atoms with Gasteiger partial charge >= 0.3 is 6.18 Å². The SMILES string of the molecule is Nc1ncc(C2=CCC(C3(C(=O)Nc4cc(C(F)(F)F)ccn4)CCOCC3)C=C2)cn1. The van der Waals surface area contributed by atoms with E-state index < -0.39 is 17.2 Å². The van der Waals surface area contributed by atoms with Crippen molar-refractivity contribution in [1.82, 2.24) is 15.0 Å². The van der Waals surface area contributed by atoms with E-state index in [1.807, 2.05) is 18.2 Å². The molecule has 7 nitrogen and oxygen atoms in total. The summed E-state index contributed by atoms with van der Waals surface area (Å²) in [6, 6.07) is 1.72. The molecule has 1 saturated heterocycles. The lowest BCUT2D eigenvalue weighted by Crippen LogP contribution is -2.46. The molecule has 0 bridgehead atoms. The number of anilines is 2. The first kappa shape index (κ1) is 21.9. The Morgan fingerprint density at radius 3 is 2.53 bits per heavy atom. The predicted molar refractivity (Wildman–Crippen MR) is 112 cm³/mol. The fourth-order valence-electron chi connectivity index (χ4n) is 4.15. The molecule has 2 aromatic rings. The number of carbonyl (C=O) groups excluding carboxylic acids is 1. The number of amides is 1. The number of carbonyl (C=O) groups is 1. The highest BCUT2D eigenvalue weighted by Crippen LogP contribution is 2.44. The van der Waals surface area contributed by atoms with E-state index in [0.717, 1.165) is 29.5 Å². The van der Waals surface area contributed by atoms with Crippen molar-refractivity contribution in [3.8, 4) is 0 Å². The summed E-state index contributed by atoms with van der Waals surface area (Å²) in [5.74, 6) is -0.427. The van der Waals surface area contributed by atoms with E-state index in [0.29, 0.717) is 32.5 Å². The van der Waals surface area contributed by atoms with Crippen molar-refractivity contribution in [2.24, 2.45) is 11.3 Å². The molecule has 1 unspecified atom stereocenters. The summed E-state index contributed by atoms with van der Waals surface area (Å²) < 4.78 is 44.6. The fraction of sp³-hybridized carbons (Fsp3) is 0.364. The third-order valence-corrected chi connectivity index (χ3v) is 5.98. The summed E-state index contributed by atoms with van der Waals surface area (Å²) in [6.07, 6.45) is 7.18. The summed E-state index contributed by atoms with van der Waals surface area (Å²) in [5.41, 5.74) is 5.60. The first-order valence-corrected chi connectivity index (χ1v) is 10.2. The zero-order valence-corrected chi connectivity index (χ0v) is 17.1. The summed E-state index contributed by atoms with van der Waals surface area (Å²) in [7, 11) is 0. The summed E-state index contributed by atoms with van der Waals surface area (Å²) >= 11 is 0. The molecule has 1 atom stereocenters. The number of alkyl halides is 3. The number of pyridine rings is 1. The molecule has 1 fully saturated rings. The number of nitrogens with two attached hydrogens (primary N) is 1. The molecule has 2 aromatic heterocycles. The molecule has 2 aliphatic rings. The van der Waals surface area contributed by atoms with E-state index >= 15 is 0 Å². The molecule has 1 aliphatic carbocycles. The van der Waals surface area contributed by atoms with Gasteiger partial charge in [-0.2, -0.15) is 13.2 Å². The first-order valence-electron chi connectivity index (χ1n) is 10.2. The van der Waals surface area contributed by atoms with Gasteiger partial charge < -0.3 is 15.8 Å². The lowest BCUT2D eigenvalue weighted by molar-refractivity contribution is -0.138. The second-order valence-corrected chi connectivity index (χ2v) is 7.84. The van der Waals surface area contributed by atoms with Gasteiger partial charge in [0.25, 0.3) is 0 Å². The highest BCUT2D eigenvalue weighted by atomic mass is 19.4. The van der Waals surface area contributed by atoms with Crippen LogP contribution in [-0.4, -0.2) is 34.1 Å². The maximum Gasteiger partial charge on any atom is 0.416 e. The van der Waals surface area contributed by atoms with Crippen molar-refractivity contribution in [3.63, 3.8) is 0 Å². The van der Waals surface area contributed by atoms with Gasteiger partial charge in [-0.3, -0.25) is 4.79 Å². The largest absolute Gasteiger partial charge is 0.416 e. The lowest BCUT2D eigenvalue weighted by Gasteiger charge is -2.41. The number of nitrogen functional groups attached to an aromatic ring is 1. The Morgan fingerprint density at radius 2 is 1.91 bits per heavy atom. The zero-order valence-electron chi connectivity index (χ0n) is 17.1. The number of nitrogens with zero attached hydrogens (tertiary/aromatic N) is 3. The molecule has 10 heteroatoms. The molecule has 0 spiro atoms. The van der Waals surface area contributed by atoms with Gasteiger partial charge in [-0.05, 0) is 42.9 Å². The molecule has 0 saturated carbocycles. The molecule has 1 aliphatic heterocycles. The van der Waals surface area contributed by atoms with Crippen LogP contribution in [0.5, 0.6) is 0 Å². The van der Waals surface area contributed by atoms with Crippen molar-refractivity contribution >= 4 is 23.2 Å². The Balaban J connectivity index is 1.55. The van der Waals surface area contributed by atoms with Crippen LogP contribution in [0.25, 0.3) is 5.57 Å². The maximum absolute atomic E-state index is 13.4. The van der Waals surface area contributed by atoms with E-state index in [1.165, 1.54) is 0 Å². The van der Waals surface area contributed by atoms with Gasteiger partial charge in [-0.15, -0.1) is 0 Å². The van der Waals surface area contributed by atoms with Crippen LogP contribution < -0.4 is 11.1 Å². The molecular formula is C22H22F3N5O2. The Hall–Kier alpha value is -3.27.